The van der Waals surface area contributed by atoms with E-state index in [-0.39, 0.29) is 24.2 Å². The molecule has 1 aromatic rings. The molecular formula is C12H18ClN3O. The third-order valence-electron chi connectivity index (χ3n) is 2.88. The van der Waals surface area contributed by atoms with E-state index in [2.05, 4.69) is 15.6 Å². The van der Waals surface area contributed by atoms with Crippen LogP contribution in [0.25, 0.3) is 0 Å². The molecule has 2 rings (SSSR count). The fourth-order valence-electron chi connectivity index (χ4n) is 1.91. The number of nitrogens with zero attached hydrogens (tertiary/aromatic N) is 1. The molecule has 0 aliphatic carbocycles. The predicted molar refractivity (Wildman–Crippen MR) is 68.9 cm³/mol. The Bertz CT molecular complexity index is 339. The standard InChI is InChI=1S/C12H17N3O.ClH/c16-12(11-2-1-5-14-9-11)15-8-10-3-6-13-7-4-10;/h3-4,6-7,11,14H,1-2,5,8-9H2,(H,15,16);1H. The number of pyridine rings is 1. The molecule has 0 spiro atoms. The fraction of sp³-hybridized carbons (Fsp3) is 0.500. The minimum atomic E-state index is 0. The lowest BCUT2D eigenvalue weighted by Crippen LogP contribution is -2.40. The van der Waals surface area contributed by atoms with E-state index in [0.717, 1.165) is 31.5 Å². The summed E-state index contributed by atoms with van der Waals surface area (Å²) < 4.78 is 0. The van der Waals surface area contributed by atoms with Gasteiger partial charge in [-0.05, 0) is 37.1 Å². The Balaban J connectivity index is 0.00000144. The maximum atomic E-state index is 11.8. The van der Waals surface area contributed by atoms with Crippen molar-refractivity contribution in [1.29, 1.82) is 0 Å². The summed E-state index contributed by atoms with van der Waals surface area (Å²) >= 11 is 0. The van der Waals surface area contributed by atoms with Crippen molar-refractivity contribution in [2.75, 3.05) is 13.1 Å². The van der Waals surface area contributed by atoms with E-state index in [4.69, 9.17) is 0 Å². The molecule has 1 aliphatic heterocycles. The molecular weight excluding hydrogens is 238 g/mol. The molecule has 0 aromatic carbocycles. The Labute approximate surface area is 108 Å². The van der Waals surface area contributed by atoms with Gasteiger partial charge in [-0.25, -0.2) is 0 Å². The van der Waals surface area contributed by atoms with E-state index in [1.165, 1.54) is 0 Å². The van der Waals surface area contributed by atoms with Gasteiger partial charge in [-0.2, -0.15) is 0 Å². The van der Waals surface area contributed by atoms with Crippen molar-refractivity contribution in [2.24, 2.45) is 5.92 Å². The molecule has 1 atom stereocenters. The Kier molecular flexibility index (Phi) is 5.94. The van der Waals surface area contributed by atoms with Crippen LogP contribution in [0.5, 0.6) is 0 Å². The summed E-state index contributed by atoms with van der Waals surface area (Å²) in [7, 11) is 0. The SMILES string of the molecule is Cl.O=C(NCc1ccncc1)C1CCCNC1. The second-order valence-corrected chi connectivity index (χ2v) is 4.12. The van der Waals surface area contributed by atoms with E-state index >= 15 is 0 Å². The van der Waals surface area contributed by atoms with E-state index in [1.807, 2.05) is 12.1 Å². The minimum Gasteiger partial charge on any atom is -0.352 e. The summed E-state index contributed by atoms with van der Waals surface area (Å²) in [6, 6.07) is 3.83. The zero-order chi connectivity index (χ0) is 11.2. The maximum absolute atomic E-state index is 11.8. The predicted octanol–water partition coefficient (Wildman–Crippen LogP) is 1.12. The van der Waals surface area contributed by atoms with Crippen LogP contribution in [0, 0.1) is 5.92 Å². The highest BCUT2D eigenvalue weighted by atomic mass is 35.5. The lowest BCUT2D eigenvalue weighted by molar-refractivity contribution is -0.125. The van der Waals surface area contributed by atoms with Crippen molar-refractivity contribution in [3.8, 4) is 0 Å². The second-order valence-electron chi connectivity index (χ2n) is 4.12. The van der Waals surface area contributed by atoms with Gasteiger partial charge in [0.25, 0.3) is 0 Å². The van der Waals surface area contributed by atoms with Crippen LogP contribution in [0.2, 0.25) is 0 Å². The van der Waals surface area contributed by atoms with Gasteiger partial charge in [0, 0.05) is 25.5 Å². The third kappa shape index (κ3) is 4.32. The number of carbonyl (C=O) groups excluding carboxylic acids is 1. The lowest BCUT2D eigenvalue weighted by Gasteiger charge is -2.21. The molecule has 17 heavy (non-hydrogen) atoms. The monoisotopic (exact) mass is 255 g/mol. The molecule has 4 nitrogen and oxygen atoms in total. The maximum Gasteiger partial charge on any atom is 0.224 e. The zero-order valence-electron chi connectivity index (χ0n) is 9.69. The smallest absolute Gasteiger partial charge is 0.224 e. The van der Waals surface area contributed by atoms with Crippen molar-refractivity contribution in [3.63, 3.8) is 0 Å². The van der Waals surface area contributed by atoms with E-state index in [9.17, 15) is 4.79 Å². The van der Waals surface area contributed by atoms with Crippen LogP contribution in [0.15, 0.2) is 24.5 Å². The van der Waals surface area contributed by atoms with Crippen molar-refractivity contribution >= 4 is 18.3 Å². The molecule has 1 amide bonds. The average molecular weight is 256 g/mol. The number of carbonyl (C=O) groups is 1. The number of rotatable bonds is 3. The summed E-state index contributed by atoms with van der Waals surface area (Å²) in [5.41, 5.74) is 1.09. The molecule has 1 aliphatic rings. The second kappa shape index (κ2) is 7.25. The van der Waals surface area contributed by atoms with Gasteiger partial charge in [-0.15, -0.1) is 12.4 Å². The number of amides is 1. The molecule has 0 radical (unpaired) electrons. The fourth-order valence-corrected chi connectivity index (χ4v) is 1.91. The molecule has 1 saturated heterocycles. The summed E-state index contributed by atoms with van der Waals surface area (Å²) in [6.07, 6.45) is 5.57. The van der Waals surface area contributed by atoms with Crippen LogP contribution >= 0.6 is 12.4 Å². The molecule has 1 unspecified atom stereocenters. The van der Waals surface area contributed by atoms with Crippen LogP contribution in [0.3, 0.4) is 0 Å². The van der Waals surface area contributed by atoms with Crippen LogP contribution in [0.1, 0.15) is 18.4 Å². The highest BCUT2D eigenvalue weighted by molar-refractivity contribution is 5.85. The van der Waals surface area contributed by atoms with E-state index in [1.54, 1.807) is 12.4 Å². The first kappa shape index (κ1) is 13.9. The third-order valence-corrected chi connectivity index (χ3v) is 2.88. The molecule has 0 saturated carbocycles. The highest BCUT2D eigenvalue weighted by Gasteiger charge is 2.20. The molecule has 0 bridgehead atoms. The number of halogens is 1. The van der Waals surface area contributed by atoms with Gasteiger partial charge >= 0.3 is 0 Å². The van der Waals surface area contributed by atoms with Crippen molar-refractivity contribution in [1.82, 2.24) is 15.6 Å². The first-order valence-corrected chi connectivity index (χ1v) is 5.73. The van der Waals surface area contributed by atoms with Crippen molar-refractivity contribution in [3.05, 3.63) is 30.1 Å². The number of aromatic nitrogens is 1. The number of hydrogen-bond acceptors (Lipinski definition) is 3. The van der Waals surface area contributed by atoms with E-state index < -0.39 is 0 Å². The van der Waals surface area contributed by atoms with Crippen LogP contribution in [-0.4, -0.2) is 24.0 Å². The number of piperidine rings is 1. The molecule has 2 heterocycles. The summed E-state index contributed by atoms with van der Waals surface area (Å²) in [4.78, 5) is 15.7. The first-order valence-electron chi connectivity index (χ1n) is 5.73. The zero-order valence-corrected chi connectivity index (χ0v) is 10.5. The minimum absolute atomic E-state index is 0. The summed E-state index contributed by atoms with van der Waals surface area (Å²) in [5, 5.41) is 6.21. The average Bonchev–Trinajstić information content (AvgIpc) is 2.38. The van der Waals surface area contributed by atoms with Gasteiger partial charge in [0.1, 0.15) is 0 Å². The molecule has 94 valence electrons. The van der Waals surface area contributed by atoms with Gasteiger partial charge < -0.3 is 10.6 Å². The highest BCUT2D eigenvalue weighted by Crippen LogP contribution is 2.09. The normalized spacial score (nSPS) is 19.2. The Hall–Kier alpha value is -1.13. The Morgan fingerprint density at radius 1 is 1.47 bits per heavy atom. The number of hydrogen-bond donors (Lipinski definition) is 2. The first-order chi connectivity index (χ1) is 7.86. The van der Waals surface area contributed by atoms with Crippen LogP contribution < -0.4 is 10.6 Å². The van der Waals surface area contributed by atoms with Crippen LogP contribution in [-0.2, 0) is 11.3 Å². The largest absolute Gasteiger partial charge is 0.352 e. The topological polar surface area (TPSA) is 54.0 Å². The van der Waals surface area contributed by atoms with Crippen molar-refractivity contribution < 1.29 is 4.79 Å². The van der Waals surface area contributed by atoms with Gasteiger partial charge in [0.05, 0.1) is 5.92 Å². The van der Waals surface area contributed by atoms with E-state index in [0.29, 0.717) is 6.54 Å². The van der Waals surface area contributed by atoms with Gasteiger partial charge in [-0.1, -0.05) is 0 Å². The lowest BCUT2D eigenvalue weighted by atomic mass is 9.99. The molecule has 5 heteroatoms. The molecule has 2 N–H and O–H groups in total. The summed E-state index contributed by atoms with van der Waals surface area (Å²) in [6.45, 7) is 2.44. The molecule has 1 fully saturated rings. The quantitative estimate of drug-likeness (QED) is 0.851. The van der Waals surface area contributed by atoms with Gasteiger partial charge in [0.2, 0.25) is 5.91 Å². The van der Waals surface area contributed by atoms with Crippen LogP contribution in [0.4, 0.5) is 0 Å². The molecule has 1 aromatic heterocycles. The summed E-state index contributed by atoms with van der Waals surface area (Å²) in [5.74, 6) is 0.291. The Morgan fingerprint density at radius 3 is 2.88 bits per heavy atom. The van der Waals surface area contributed by atoms with Gasteiger partial charge in [0.15, 0.2) is 0 Å². The van der Waals surface area contributed by atoms with Gasteiger partial charge in [-0.3, -0.25) is 9.78 Å². The number of nitrogens with one attached hydrogen (secondary N) is 2. The van der Waals surface area contributed by atoms with Crippen molar-refractivity contribution in [2.45, 2.75) is 19.4 Å². The Morgan fingerprint density at radius 2 is 2.24 bits per heavy atom.